The van der Waals surface area contributed by atoms with Gasteiger partial charge < -0.3 is 40.2 Å². The molecular weight excluding hydrogens is 863 g/mol. The summed E-state index contributed by atoms with van der Waals surface area (Å²) in [5.74, 6) is -2.07. The molecule has 2 aromatic carbocycles. The highest BCUT2D eigenvalue weighted by Gasteiger charge is 2.58. The number of halogens is 4. The minimum Gasteiger partial charge on any atom is -0.491 e. The average molecular weight is 918 g/mol. The first kappa shape index (κ1) is 45.9. The van der Waals surface area contributed by atoms with Crippen molar-refractivity contribution in [2.45, 2.75) is 88.9 Å². The molecule has 346 valence electrons. The first-order chi connectivity index (χ1) is 31.1. The second kappa shape index (κ2) is 19.4. The van der Waals surface area contributed by atoms with Crippen LogP contribution in [-0.4, -0.2) is 84.2 Å². The molecule has 2 aliphatic carbocycles. The van der Waals surface area contributed by atoms with Gasteiger partial charge in [-0.2, -0.15) is 0 Å². The Bertz CT molecular complexity index is 2370. The quantitative estimate of drug-likeness (QED) is 0.0676. The number of hydrogen-bond donors (Lipinski definition) is 2. The van der Waals surface area contributed by atoms with E-state index in [4.69, 9.17) is 30.4 Å². The van der Waals surface area contributed by atoms with Crippen LogP contribution >= 0.6 is 11.3 Å². The monoisotopic (exact) mass is 917 g/mol. The number of alkyl halides is 4. The number of ether oxygens (including phenoxy) is 4. The van der Waals surface area contributed by atoms with Crippen LogP contribution in [0.5, 0.6) is 23.0 Å². The fraction of sp³-hybridized carbons (Fsp3) is 0.458. The van der Waals surface area contributed by atoms with Crippen molar-refractivity contribution < 1.29 is 41.3 Å². The molecule has 2 aliphatic heterocycles. The van der Waals surface area contributed by atoms with Crippen molar-refractivity contribution in [3.05, 3.63) is 107 Å². The van der Waals surface area contributed by atoms with E-state index in [-0.39, 0.29) is 56.0 Å². The lowest BCUT2D eigenvalue weighted by Gasteiger charge is -2.19. The van der Waals surface area contributed by atoms with Crippen LogP contribution in [-0.2, 0) is 0 Å². The zero-order valence-electron chi connectivity index (χ0n) is 36.7. The maximum absolute atomic E-state index is 13.0. The van der Waals surface area contributed by atoms with Gasteiger partial charge in [-0.3, -0.25) is 4.79 Å². The normalized spacial score (nSPS) is 22.3. The van der Waals surface area contributed by atoms with Gasteiger partial charge in [-0.05, 0) is 79.4 Å². The van der Waals surface area contributed by atoms with Gasteiger partial charge in [-0.25, -0.2) is 32.5 Å². The van der Waals surface area contributed by atoms with Crippen LogP contribution in [0.25, 0.3) is 0 Å². The third-order valence-corrected chi connectivity index (χ3v) is 13.2. The Morgan fingerprint density at radius 3 is 1.57 bits per heavy atom. The van der Waals surface area contributed by atoms with Gasteiger partial charge in [0.2, 0.25) is 0 Å². The van der Waals surface area contributed by atoms with Crippen LogP contribution in [0.4, 0.5) is 34.3 Å². The summed E-state index contributed by atoms with van der Waals surface area (Å²) >= 11 is 1.24. The molecule has 6 atom stereocenters. The predicted octanol–water partition coefficient (Wildman–Crippen LogP) is 9.29. The molecule has 0 radical (unpaired) electrons. The fourth-order valence-electron chi connectivity index (χ4n) is 7.92. The summed E-state index contributed by atoms with van der Waals surface area (Å²) < 4.78 is 74.9. The van der Waals surface area contributed by atoms with E-state index in [0.717, 1.165) is 66.7 Å². The number of rotatable bonds is 17. The van der Waals surface area contributed by atoms with Crippen molar-refractivity contribution in [1.29, 1.82) is 0 Å². The first-order valence-corrected chi connectivity index (χ1v) is 22.9. The van der Waals surface area contributed by atoms with Gasteiger partial charge >= 0.3 is 0 Å². The zero-order chi connectivity index (χ0) is 45.9. The molecule has 0 spiro atoms. The summed E-state index contributed by atoms with van der Waals surface area (Å²) in [6.07, 6.45) is 5.28. The van der Waals surface area contributed by atoms with Gasteiger partial charge in [0.25, 0.3) is 11.8 Å². The largest absolute Gasteiger partial charge is 0.491 e. The number of nitrogens with two attached hydrogens (primary N) is 2. The molecule has 17 heteroatoms. The molecule has 2 saturated carbocycles. The van der Waals surface area contributed by atoms with E-state index in [2.05, 4.69) is 24.8 Å². The number of nitrogen functional groups attached to an aromatic ring is 1. The van der Waals surface area contributed by atoms with Crippen molar-refractivity contribution in [3.8, 4) is 23.0 Å². The topological polar surface area (TPSA) is 151 Å². The second-order valence-corrected chi connectivity index (χ2v) is 18.6. The maximum atomic E-state index is 13.0. The van der Waals surface area contributed by atoms with Gasteiger partial charge in [-0.1, -0.05) is 42.5 Å². The minimum atomic E-state index is -2.58. The van der Waals surface area contributed by atoms with Crippen LogP contribution in [0, 0.1) is 18.8 Å². The summed E-state index contributed by atoms with van der Waals surface area (Å²) in [6, 6.07) is 23.1. The Morgan fingerprint density at radius 2 is 1.18 bits per heavy atom. The third-order valence-electron chi connectivity index (χ3n) is 12.2. The summed E-state index contributed by atoms with van der Waals surface area (Å²) in [5.41, 5.74) is 14.4. The van der Waals surface area contributed by atoms with Crippen LogP contribution in [0.1, 0.15) is 84.4 Å². The van der Waals surface area contributed by atoms with E-state index in [1.807, 2.05) is 81.4 Å². The van der Waals surface area contributed by atoms with E-state index < -0.39 is 23.7 Å². The molecule has 4 unspecified atom stereocenters. The number of aryl methyl sites for hydroxylation is 1. The summed E-state index contributed by atoms with van der Waals surface area (Å²) in [6.45, 7) is 8.96. The second-order valence-electron chi connectivity index (χ2n) is 17.5. The van der Waals surface area contributed by atoms with Crippen molar-refractivity contribution in [2.24, 2.45) is 17.6 Å². The van der Waals surface area contributed by atoms with Crippen LogP contribution in [0.3, 0.4) is 0 Å². The lowest BCUT2D eigenvalue weighted by atomic mass is 9.95. The number of thiazole rings is 1. The molecule has 9 rings (SSSR count). The molecular formula is C48H55F4N7O5S. The third kappa shape index (κ3) is 12.0. The highest BCUT2D eigenvalue weighted by molar-refractivity contribution is 7.17. The van der Waals surface area contributed by atoms with E-state index >= 15 is 0 Å². The van der Waals surface area contributed by atoms with E-state index in [9.17, 15) is 22.4 Å². The molecule has 0 amide bonds. The highest BCUT2D eigenvalue weighted by Crippen LogP contribution is 2.49. The smallest absolute Gasteiger partial charge is 0.255 e. The van der Waals surface area contributed by atoms with Gasteiger partial charge in [0.15, 0.2) is 10.9 Å². The number of carbonyl (C=O) groups is 1. The Balaban J connectivity index is 0.000000184. The lowest BCUT2D eigenvalue weighted by Crippen LogP contribution is -2.25. The Labute approximate surface area is 380 Å². The molecule has 0 bridgehead atoms. The van der Waals surface area contributed by atoms with E-state index in [1.165, 1.54) is 11.3 Å². The lowest BCUT2D eigenvalue weighted by molar-refractivity contribution is 0.0848. The molecule has 4 aliphatic rings. The van der Waals surface area contributed by atoms with Crippen molar-refractivity contribution in [1.82, 2.24) is 15.0 Å². The molecule has 5 aromatic rings. The maximum Gasteiger partial charge on any atom is 0.255 e. The van der Waals surface area contributed by atoms with E-state index in [0.29, 0.717) is 40.2 Å². The number of aromatic nitrogens is 3. The minimum absolute atomic E-state index is 0.00909. The molecule has 12 nitrogen and oxygen atoms in total. The predicted molar refractivity (Wildman–Crippen MR) is 242 cm³/mol. The fourth-order valence-corrected chi connectivity index (χ4v) is 8.71. The van der Waals surface area contributed by atoms with Crippen molar-refractivity contribution in [3.63, 3.8) is 0 Å². The standard InChI is InChI=1S/C27H30F2N4O3S.C21H25F2N3O2/c1-16(11-23(34)25-17(2)32-26(30)37-25)18-3-5-20(6-4-18)36-22-9-10-33(14-22)24-8-7-21(13-31-24)35-15-19-12-27(19,28)29;1-14(24)15-2-4-17(5-3-15)28-19-8-9-26(12-19)20-7-6-18(11-25-20)27-13-16-10-21(16,22)23/h3-8,13,16,19,22H,9-12,14-15H2,1-2H3,(H2,30,32);2-7,11,14,16,19H,8-10,12-13,24H2,1H3/t16-,19?,22?;14-,16?,19?/m10/s1. The van der Waals surface area contributed by atoms with Crippen molar-refractivity contribution >= 4 is 33.9 Å². The number of hydrogen-bond acceptors (Lipinski definition) is 13. The summed E-state index contributed by atoms with van der Waals surface area (Å²) in [7, 11) is 0. The SMILES string of the molecule is C[C@H](N)c1ccc(OC2CCN(c3ccc(OCC4CC4(F)F)cn3)C2)cc1.Cc1nc(N)sc1C(=O)C[C@@H](C)c1ccc(OC2CCN(c3ccc(OCC4CC4(F)F)cn3)C2)cc1. The zero-order valence-corrected chi connectivity index (χ0v) is 37.5. The van der Waals surface area contributed by atoms with Gasteiger partial charge in [-0.15, -0.1) is 0 Å². The number of nitrogens with zero attached hydrogens (tertiary/aromatic N) is 5. The highest BCUT2D eigenvalue weighted by atomic mass is 32.1. The average Bonchev–Trinajstić information content (AvgIpc) is 3.71. The Kier molecular flexibility index (Phi) is 13.7. The number of carbonyl (C=O) groups excluding carboxylic acids is 1. The molecule has 2 saturated heterocycles. The van der Waals surface area contributed by atoms with Gasteiger partial charge in [0.05, 0.1) is 61.1 Å². The van der Waals surface area contributed by atoms with Crippen LogP contribution in [0.2, 0.25) is 0 Å². The molecule has 3 aromatic heterocycles. The number of anilines is 3. The number of benzene rings is 2. The van der Waals surface area contributed by atoms with Crippen LogP contribution < -0.4 is 40.2 Å². The number of pyridine rings is 2. The summed E-state index contributed by atoms with van der Waals surface area (Å²) in [4.78, 5) is 30.6. The number of ketones is 1. The van der Waals surface area contributed by atoms with E-state index in [1.54, 1.807) is 24.5 Å². The molecule has 4 N–H and O–H groups in total. The van der Waals surface area contributed by atoms with Gasteiger partial charge in [0, 0.05) is 51.2 Å². The molecule has 65 heavy (non-hydrogen) atoms. The van der Waals surface area contributed by atoms with Gasteiger partial charge in [0.1, 0.15) is 46.8 Å². The molecule has 4 fully saturated rings. The molecule has 5 heterocycles. The number of Topliss-reactive ketones (excluding diaryl/α,β-unsaturated/α-hetero) is 1. The Morgan fingerprint density at radius 1 is 0.738 bits per heavy atom. The van der Waals surface area contributed by atoms with Crippen LogP contribution in [0.15, 0.2) is 85.2 Å². The van der Waals surface area contributed by atoms with Crippen molar-refractivity contribution in [2.75, 3.05) is 54.9 Å². The first-order valence-electron chi connectivity index (χ1n) is 22.1. The Hall–Kier alpha value is -5.68. The summed E-state index contributed by atoms with van der Waals surface area (Å²) in [5, 5.41) is 0.417.